The first-order valence-corrected chi connectivity index (χ1v) is 36.7. The van der Waals surface area contributed by atoms with E-state index in [-0.39, 0.29) is 134 Å². The smallest absolute Gasteiger partial charge is 0.435 e. The Kier molecular flexibility index (Phi) is 52.7. The number of hydrogen-bond donors (Lipinski definition) is 5. The van der Waals surface area contributed by atoms with Crippen molar-refractivity contribution in [2.45, 2.75) is 130 Å². The Bertz CT molecular complexity index is 4620. The van der Waals surface area contributed by atoms with Crippen LogP contribution in [0.1, 0.15) is 101 Å². The molecule has 53 heteroatoms. The maximum Gasteiger partial charge on any atom is 0.435 e. The number of carbonyl (C=O) groups is 3. The molecule has 0 aliphatic carbocycles. The molecule has 2 fully saturated rings. The second kappa shape index (κ2) is 61.2. The molecule has 3 unspecified atom stereocenters. The first-order chi connectivity index (χ1) is 59.1. The molecule has 0 bridgehead atoms. The van der Waals surface area contributed by atoms with E-state index in [2.05, 4.69) is 76.3 Å². The number of halogens is 1. The van der Waals surface area contributed by atoms with Crippen molar-refractivity contribution in [3.63, 3.8) is 0 Å². The summed E-state index contributed by atoms with van der Waals surface area (Å²) in [5.41, 5.74) is 27.1. The number of imidazole rings is 3. The van der Waals surface area contributed by atoms with Crippen LogP contribution < -0.4 is 0 Å². The predicted octanol–water partition coefficient (Wildman–Crippen LogP) is 7.18. The van der Waals surface area contributed by atoms with E-state index in [0.29, 0.717) is 63.2 Å². The largest absolute Gasteiger partial charge is 0.465 e. The molecule has 0 spiro atoms. The van der Waals surface area contributed by atoms with Gasteiger partial charge in [0.1, 0.15) is 106 Å². The molecule has 7 heterocycles. The van der Waals surface area contributed by atoms with Crippen molar-refractivity contribution in [1.29, 1.82) is 0 Å². The SMILES string of the molecule is C#CCn1ccnc1[N+](=O)[O-].CC(=O)OCC(CO)N=[N+]=[N-].CC(=O)OCC(CO)n1cc(Cn2ccnc2[N+](=O)[O-])nn1.CC(=O)OCC(COCc1ccccc1[N+](=O)[O-])n1cc(Cn2ccnc2[N+](=O)[O-])nn1.CCOC(C)(OCC)OCC.Cl.OC1COC(c2ccccc2)OC1.[N-]=[N+]=NC(CO)CO.[N-]=[N+]=NC1COC(c2ccccc2)OC1. The van der Waals surface area contributed by atoms with Crippen molar-refractivity contribution >= 4 is 53.8 Å². The second-order valence-electron chi connectivity index (χ2n) is 24.5. The second-order valence-corrected chi connectivity index (χ2v) is 24.5. The Hall–Kier alpha value is -13.2. The fourth-order valence-corrected chi connectivity index (χ4v) is 9.58. The summed E-state index contributed by atoms with van der Waals surface area (Å²) in [5.74, 6) is -0.836. The van der Waals surface area contributed by atoms with Gasteiger partial charge in [0.15, 0.2) is 12.6 Å². The van der Waals surface area contributed by atoms with Crippen molar-refractivity contribution in [2.24, 2.45) is 15.3 Å². The highest BCUT2D eigenvalue weighted by Gasteiger charge is 2.27. The van der Waals surface area contributed by atoms with E-state index in [4.69, 9.17) is 90.8 Å². The van der Waals surface area contributed by atoms with Gasteiger partial charge in [0.2, 0.25) is 0 Å². The lowest BCUT2D eigenvalue weighted by atomic mass is 10.2. The normalized spacial score (nSPS) is 14.7. The van der Waals surface area contributed by atoms with E-state index < -0.39 is 73.8 Å². The van der Waals surface area contributed by atoms with Crippen LogP contribution in [0.3, 0.4) is 0 Å². The van der Waals surface area contributed by atoms with Gasteiger partial charge in [-0.3, -0.25) is 24.5 Å². The van der Waals surface area contributed by atoms with Crippen molar-refractivity contribution < 1.29 is 112 Å². The van der Waals surface area contributed by atoms with Gasteiger partial charge in [0.25, 0.3) is 11.7 Å². The van der Waals surface area contributed by atoms with Crippen molar-refractivity contribution in [2.75, 3.05) is 99.1 Å². The van der Waals surface area contributed by atoms with Gasteiger partial charge in [-0.1, -0.05) is 119 Å². The fourth-order valence-electron chi connectivity index (χ4n) is 9.58. The quantitative estimate of drug-likeness (QED) is 0.00299. The zero-order valence-corrected chi connectivity index (χ0v) is 69.0. The molecule has 5 N–H and O–H groups in total. The molecule has 674 valence electrons. The van der Waals surface area contributed by atoms with Crippen LogP contribution in [-0.2, 0) is 92.7 Å². The van der Waals surface area contributed by atoms with Crippen LogP contribution in [-0.4, -0.2) is 251 Å². The Morgan fingerprint density at radius 2 is 0.976 bits per heavy atom. The van der Waals surface area contributed by atoms with Gasteiger partial charge in [0.05, 0.1) is 107 Å². The van der Waals surface area contributed by atoms with Crippen LogP contribution >= 0.6 is 12.4 Å². The number of hydrogen-bond acceptors (Lipinski definition) is 37. The summed E-state index contributed by atoms with van der Waals surface area (Å²) in [6.45, 7) is 13.5. The Balaban J connectivity index is 0.000000501. The molecule has 5 aromatic heterocycles. The van der Waals surface area contributed by atoms with Crippen molar-refractivity contribution in [3.8, 4) is 12.3 Å². The average molecular weight is 1770 g/mol. The molecule has 3 atom stereocenters. The monoisotopic (exact) mass is 1770 g/mol. The number of rotatable bonds is 36. The highest BCUT2D eigenvalue weighted by molar-refractivity contribution is 5.85. The number of benzene rings is 3. The van der Waals surface area contributed by atoms with Crippen molar-refractivity contribution in [1.82, 2.24) is 58.6 Å². The number of aliphatic hydroxyl groups is 5. The Labute approximate surface area is 712 Å². The molecule has 124 heavy (non-hydrogen) atoms. The highest BCUT2D eigenvalue weighted by atomic mass is 35.5. The molecule has 2 saturated heterocycles. The zero-order chi connectivity index (χ0) is 90.9. The summed E-state index contributed by atoms with van der Waals surface area (Å²) in [6, 6.07) is 22.9. The maximum atomic E-state index is 11.3. The molecule has 3 aromatic carbocycles. The van der Waals surface area contributed by atoms with Crippen LogP contribution in [0.2, 0.25) is 0 Å². The minimum atomic E-state index is -0.849. The van der Waals surface area contributed by atoms with Gasteiger partial charge in [-0.05, 0) is 58.2 Å². The Morgan fingerprint density at radius 3 is 1.37 bits per heavy atom. The standard InChI is InChI=1S/C18H19N7O7.C11H14N6O5.C10H11N3O2.C10H12O3.C8H18O3.C6H5N3O2.C5H9N3O3.C3H7N3O2.ClH/c1-13(26)32-12-16(11-31-10-14-4-2-3-5-17(14)24(27)28)23-9-15(20-21-23)8-22-7-6-19-18(22)25(29)30;1-8(19)22-7-10(6-18)16-5-9(13-14-16)4-15-3-2-12-11(15)17(20)21;11-13-12-9-6-14-10(15-7-9)8-4-2-1-3-5-8;11-9-6-12-10(13-7-9)8-4-2-1-3-5-8;1-5-9-8(4,10-6-2)11-7-3;1-2-4-8-5-3-7-6(8)9(10)11;1-4(10)11-3-5(2-9)7-8-6;4-6-5-3(1-7)2-8;/h2-7,9,16H,8,10-12H2,1H3;2-3,5,10,18H,4,6-7H2,1H3;1-5,9-10H,6-7H2;1-5,9-11H,6-7H2;5-7H2,1-4H3;1,3,5H,4H2;5,9H,2-3H2,1H3;3,7-8H,1-2H2;1H. The number of terminal acetylenes is 1. The third-order valence-corrected chi connectivity index (χ3v) is 15.2. The van der Waals surface area contributed by atoms with Gasteiger partial charge < -0.3 is 108 Å². The number of azide groups is 3. The number of esters is 3. The summed E-state index contributed by atoms with van der Waals surface area (Å²) in [4.78, 5) is 91.5. The van der Waals surface area contributed by atoms with E-state index in [0.717, 1.165) is 11.1 Å². The minimum Gasteiger partial charge on any atom is -0.465 e. The first-order valence-electron chi connectivity index (χ1n) is 36.7. The predicted molar refractivity (Wildman–Crippen MR) is 430 cm³/mol. The van der Waals surface area contributed by atoms with Crippen LogP contribution in [0.4, 0.5) is 23.5 Å². The van der Waals surface area contributed by atoms with Gasteiger partial charge in [0, 0.05) is 79.4 Å². The lowest BCUT2D eigenvalue weighted by Crippen LogP contribution is -2.35. The first kappa shape index (κ1) is 107. The Morgan fingerprint density at radius 1 is 0.573 bits per heavy atom. The number of ether oxygens (including phenoxy) is 11. The number of aliphatic hydroxyl groups excluding tert-OH is 5. The lowest BCUT2D eigenvalue weighted by molar-refractivity contribution is -0.396. The summed E-state index contributed by atoms with van der Waals surface area (Å²) in [6.07, 6.45) is 15.2. The van der Waals surface area contributed by atoms with Crippen LogP contribution in [0.25, 0.3) is 31.3 Å². The summed E-state index contributed by atoms with van der Waals surface area (Å²) < 4.78 is 64.0. The minimum absolute atomic E-state index is 0. The maximum absolute atomic E-state index is 11.3. The van der Waals surface area contributed by atoms with Gasteiger partial charge in [-0.25, -0.2) is 23.1 Å². The molecule has 10 rings (SSSR count). The van der Waals surface area contributed by atoms with Gasteiger partial charge >= 0.3 is 35.8 Å². The molecular weight excluding hydrogens is 1670 g/mol. The van der Waals surface area contributed by atoms with E-state index >= 15 is 0 Å². The third-order valence-electron chi connectivity index (χ3n) is 15.2. The van der Waals surface area contributed by atoms with Gasteiger partial charge in [-0.2, -0.15) is 0 Å². The van der Waals surface area contributed by atoms with Crippen molar-refractivity contribution in [3.05, 3.63) is 234 Å². The average Bonchev–Trinajstić information content (AvgIpc) is 1.67. The molecular formula is C71H96ClN25O27. The van der Waals surface area contributed by atoms with Crippen LogP contribution in [0.15, 0.2) is 150 Å². The summed E-state index contributed by atoms with van der Waals surface area (Å²) >= 11 is 0. The molecule has 2 aliphatic rings. The highest BCUT2D eigenvalue weighted by Crippen LogP contribution is 2.26. The number of nitro benzene ring substituents is 1. The topological polar surface area (TPSA) is 688 Å². The fraction of sp³-hybridized carbons (Fsp3) is 0.493. The molecule has 8 aromatic rings. The molecule has 52 nitrogen and oxygen atoms in total. The molecule has 2 aliphatic heterocycles. The van der Waals surface area contributed by atoms with E-state index in [1.54, 1.807) is 31.3 Å². The van der Waals surface area contributed by atoms with E-state index in [1.807, 2.05) is 81.4 Å². The number of para-hydroxylation sites is 1. The third kappa shape index (κ3) is 41.4. The molecule has 0 amide bonds. The van der Waals surface area contributed by atoms with Gasteiger partial charge in [-0.15, -0.1) is 29.0 Å². The number of aromatic nitrogens is 12. The lowest BCUT2D eigenvalue weighted by Gasteiger charge is -2.27. The van der Waals surface area contributed by atoms with Crippen LogP contribution in [0, 0.1) is 52.8 Å². The van der Waals surface area contributed by atoms with Crippen LogP contribution in [0.5, 0.6) is 0 Å². The molecule has 0 radical (unpaired) electrons. The molecule has 0 saturated carbocycles. The summed E-state index contributed by atoms with van der Waals surface area (Å²) in [7, 11) is 0. The summed E-state index contributed by atoms with van der Waals surface area (Å²) in [5, 5.41) is 112. The number of nitro groups is 4. The van der Waals surface area contributed by atoms with E-state index in [9.17, 15) is 59.9 Å². The zero-order valence-electron chi connectivity index (χ0n) is 68.1. The van der Waals surface area contributed by atoms with E-state index in [1.165, 1.54) is 93.3 Å². The number of nitrogens with zero attached hydrogens (tertiary/aromatic N) is 25. The number of carbonyl (C=O) groups excluding carboxylic acids is 3.